The van der Waals surface area contributed by atoms with E-state index in [1.807, 2.05) is 0 Å². The van der Waals surface area contributed by atoms with Crippen LogP contribution < -0.4 is 3.32 Å². The fourth-order valence-corrected chi connectivity index (χ4v) is 8.91. The summed E-state index contributed by atoms with van der Waals surface area (Å²) in [5.74, 6) is 0. The molecule has 2 rings (SSSR count). The van der Waals surface area contributed by atoms with Gasteiger partial charge in [0.25, 0.3) is 0 Å². The number of benzene rings is 1. The zero-order valence-electron chi connectivity index (χ0n) is 8.25. The third-order valence-corrected chi connectivity index (χ3v) is 9.77. The zero-order chi connectivity index (χ0) is 9.26. The number of nitrogens with zero attached hydrogens (tertiary/aromatic N) is 1. The molecule has 0 unspecified atom stereocenters. The minimum absolute atomic E-state index is 1.23. The van der Waals surface area contributed by atoms with Gasteiger partial charge in [0.1, 0.15) is 0 Å². The van der Waals surface area contributed by atoms with Crippen LogP contribution in [0.4, 0.5) is 0 Å². The van der Waals surface area contributed by atoms with E-state index in [1.165, 1.54) is 21.7 Å². The predicted octanol–water partition coefficient (Wildman–Crippen LogP) is 1.98. The molecule has 0 N–H and O–H groups in total. The van der Waals surface area contributed by atoms with Crippen molar-refractivity contribution in [3.8, 4) is 0 Å². The van der Waals surface area contributed by atoms with Crippen LogP contribution in [0.3, 0.4) is 0 Å². The van der Waals surface area contributed by atoms with Crippen LogP contribution >= 0.6 is 0 Å². The maximum absolute atomic E-state index is 4.67. The van der Waals surface area contributed by atoms with Crippen molar-refractivity contribution < 1.29 is 0 Å². The molecule has 2 heteroatoms. The molecule has 1 aliphatic heterocycles. The minimum atomic E-state index is -1.62. The third kappa shape index (κ3) is 2.16. The van der Waals surface area contributed by atoms with Gasteiger partial charge in [0.2, 0.25) is 0 Å². The van der Waals surface area contributed by atoms with Crippen molar-refractivity contribution >= 4 is 31.3 Å². The van der Waals surface area contributed by atoms with Crippen molar-refractivity contribution in [3.05, 3.63) is 29.3 Å². The van der Waals surface area contributed by atoms with Crippen molar-refractivity contribution in [2.45, 2.75) is 24.4 Å². The first-order chi connectivity index (χ1) is 6.25. The Hall–Kier alpha value is -0.240. The van der Waals surface area contributed by atoms with Gasteiger partial charge in [-0.2, -0.15) is 0 Å². The summed E-state index contributed by atoms with van der Waals surface area (Å²) >= 11 is -1.62. The molecule has 0 bridgehead atoms. The average molecular weight is 275 g/mol. The van der Waals surface area contributed by atoms with Crippen molar-refractivity contribution in [3.63, 3.8) is 0 Å². The molecular weight excluding hydrogens is 261 g/mol. The van der Waals surface area contributed by atoms with Crippen LogP contribution in [-0.2, 0) is 0 Å². The number of hydrogen-bond donors (Lipinski definition) is 0. The standard InChI is InChI=1S/C8H9.C3H5N.In/c1-7-4-3-5-8(2)6-7;1-2-3-4;/h4-6H,1-2H3;3H,1-2H2;/q;-1;+1. The number of aryl methyl sites for hydroxylation is 2. The summed E-state index contributed by atoms with van der Waals surface area (Å²) in [7, 11) is 0. The summed E-state index contributed by atoms with van der Waals surface area (Å²) in [4.78, 5) is 0. The number of hydrogen-bond acceptors (Lipinski definition) is 1. The summed E-state index contributed by atoms with van der Waals surface area (Å²) in [6, 6.07) is 6.93. The average Bonchev–Trinajstić information content (AvgIpc) is 2.53. The summed E-state index contributed by atoms with van der Waals surface area (Å²) in [6.07, 6.45) is 3.37. The molecule has 0 radical (unpaired) electrons. The molecule has 1 aromatic rings. The second-order valence-corrected chi connectivity index (χ2v) is 11.2. The molecule has 0 saturated carbocycles. The first-order valence-electron chi connectivity index (χ1n) is 4.85. The van der Waals surface area contributed by atoms with Crippen LogP contribution in [0.5, 0.6) is 0 Å². The van der Waals surface area contributed by atoms with E-state index in [0.29, 0.717) is 0 Å². The Labute approximate surface area is 87.8 Å². The summed E-state index contributed by atoms with van der Waals surface area (Å²) < 4.78 is 7.66. The molecule has 0 saturated heterocycles. The van der Waals surface area contributed by atoms with E-state index < -0.39 is 21.7 Å². The summed E-state index contributed by atoms with van der Waals surface area (Å²) in [5.41, 5.74) is 2.79. The Kier molecular flexibility index (Phi) is 2.77. The molecule has 0 amide bonds. The molecule has 0 spiro atoms. The molecule has 1 nitrogen and oxygen atoms in total. The second kappa shape index (κ2) is 3.87. The van der Waals surface area contributed by atoms with Crippen LogP contribution in [-0.4, -0.2) is 27.9 Å². The quantitative estimate of drug-likeness (QED) is 0.743. The van der Waals surface area contributed by atoms with Gasteiger partial charge in [-0.1, -0.05) is 0 Å². The Bertz CT molecular complexity index is 324. The van der Waals surface area contributed by atoms with Gasteiger partial charge in [0, 0.05) is 0 Å². The van der Waals surface area contributed by atoms with E-state index in [-0.39, 0.29) is 0 Å². The normalized spacial score (nSPS) is 15.4. The molecule has 1 aliphatic rings. The van der Waals surface area contributed by atoms with Crippen molar-refractivity contribution in [1.29, 1.82) is 0 Å². The van der Waals surface area contributed by atoms with Crippen LogP contribution in [0.15, 0.2) is 21.2 Å². The Morgan fingerprint density at radius 3 is 2.38 bits per heavy atom. The van der Waals surface area contributed by atoms with Gasteiger partial charge in [0.15, 0.2) is 0 Å². The van der Waals surface area contributed by atoms with E-state index in [0.717, 1.165) is 0 Å². The molecule has 0 atom stereocenters. The van der Waals surface area contributed by atoms with Crippen LogP contribution in [0.25, 0.3) is 0 Å². The summed E-state index contributed by atoms with van der Waals surface area (Å²) in [5, 5.41) is 0. The van der Waals surface area contributed by atoms with E-state index >= 15 is 0 Å². The Morgan fingerprint density at radius 2 is 1.85 bits per heavy atom. The molecular formula is C11H14InN. The predicted molar refractivity (Wildman–Crippen MR) is 59.2 cm³/mol. The molecule has 66 valence electrons. The van der Waals surface area contributed by atoms with Gasteiger partial charge in [-0.05, 0) is 0 Å². The van der Waals surface area contributed by atoms with Crippen molar-refractivity contribution in [1.82, 2.24) is 0 Å². The van der Waals surface area contributed by atoms with Crippen LogP contribution in [0, 0.1) is 13.8 Å². The van der Waals surface area contributed by atoms with Gasteiger partial charge in [-0.15, -0.1) is 0 Å². The number of rotatable bonds is 1. The molecule has 0 aromatic heterocycles. The fraction of sp³-hybridized carbons (Fsp3) is 0.364. The monoisotopic (exact) mass is 275 g/mol. The van der Waals surface area contributed by atoms with Crippen molar-refractivity contribution in [2.75, 3.05) is 0 Å². The second-order valence-electron chi connectivity index (χ2n) is 3.85. The zero-order valence-corrected chi connectivity index (χ0v) is 11.5. The van der Waals surface area contributed by atoms with E-state index in [4.69, 9.17) is 0 Å². The summed E-state index contributed by atoms with van der Waals surface area (Å²) in [6.45, 7) is 4.36. The van der Waals surface area contributed by atoms with Gasteiger partial charge in [-0.3, -0.25) is 0 Å². The topological polar surface area (TPSA) is 12.4 Å². The molecule has 0 aliphatic carbocycles. The van der Waals surface area contributed by atoms with E-state index in [2.05, 4.69) is 41.2 Å². The first-order valence-corrected chi connectivity index (χ1v) is 10.3. The van der Waals surface area contributed by atoms with Crippen LogP contribution in [0.2, 0.25) is 4.18 Å². The van der Waals surface area contributed by atoms with Crippen LogP contribution in [0.1, 0.15) is 17.5 Å². The maximum atomic E-state index is 4.67. The Balaban J connectivity index is 2.34. The van der Waals surface area contributed by atoms with Gasteiger partial charge < -0.3 is 0 Å². The first kappa shape index (κ1) is 9.32. The fourth-order valence-electron chi connectivity index (χ4n) is 1.96. The molecule has 1 aromatic carbocycles. The van der Waals surface area contributed by atoms with E-state index in [9.17, 15) is 0 Å². The molecule has 1 heterocycles. The van der Waals surface area contributed by atoms with Gasteiger partial charge in [0.05, 0.1) is 0 Å². The Morgan fingerprint density at radius 1 is 1.15 bits per heavy atom. The molecule has 0 fully saturated rings. The van der Waals surface area contributed by atoms with E-state index in [1.54, 1.807) is 3.32 Å². The van der Waals surface area contributed by atoms with Gasteiger partial charge >= 0.3 is 88.0 Å². The van der Waals surface area contributed by atoms with Crippen molar-refractivity contribution in [2.24, 2.45) is 2.98 Å². The van der Waals surface area contributed by atoms with Gasteiger partial charge in [-0.25, -0.2) is 0 Å². The SMILES string of the molecule is Cc1cc(C)c[c]([In]2[CH2]CC=[N]2)c1. The molecule has 13 heavy (non-hydrogen) atoms. The third-order valence-electron chi connectivity index (χ3n) is 2.48.